The average molecular weight is 356 g/mol. The highest BCUT2D eigenvalue weighted by atomic mass is 14.2. The van der Waals surface area contributed by atoms with E-state index in [0.29, 0.717) is 0 Å². The van der Waals surface area contributed by atoms with Crippen molar-refractivity contribution in [3.05, 3.63) is 35.4 Å². The number of benzene rings is 1. The molecule has 1 rings (SSSR count). The maximum Gasteiger partial charge on any atom is 0.0991 e. The molecule has 0 unspecified atom stereocenters. The van der Waals surface area contributed by atoms with Crippen LogP contribution in [-0.4, -0.2) is 0 Å². The van der Waals surface area contributed by atoms with Crippen molar-refractivity contribution in [2.24, 2.45) is 0 Å². The van der Waals surface area contributed by atoms with E-state index in [2.05, 4.69) is 25.1 Å². The zero-order valence-corrected chi connectivity index (χ0v) is 17.3. The van der Waals surface area contributed by atoms with E-state index in [1.165, 1.54) is 108 Å². The van der Waals surface area contributed by atoms with Gasteiger partial charge in [-0.25, -0.2) is 0 Å². The summed E-state index contributed by atoms with van der Waals surface area (Å²) in [5.74, 6) is 0. The van der Waals surface area contributed by atoms with Crippen LogP contribution >= 0.6 is 0 Å². The molecule has 0 amide bonds. The first-order chi connectivity index (χ1) is 12.9. The van der Waals surface area contributed by atoms with E-state index in [9.17, 15) is 0 Å². The molecule has 0 aliphatic rings. The van der Waals surface area contributed by atoms with Crippen molar-refractivity contribution in [2.45, 2.75) is 116 Å². The van der Waals surface area contributed by atoms with Crippen molar-refractivity contribution < 1.29 is 0 Å². The first-order valence-electron chi connectivity index (χ1n) is 11.4. The molecule has 0 atom stereocenters. The van der Waals surface area contributed by atoms with Crippen LogP contribution in [0.1, 0.15) is 121 Å². The highest BCUT2D eigenvalue weighted by Crippen LogP contribution is 2.14. The third-order valence-corrected chi connectivity index (χ3v) is 5.40. The van der Waals surface area contributed by atoms with Crippen molar-refractivity contribution in [3.63, 3.8) is 0 Å². The summed E-state index contributed by atoms with van der Waals surface area (Å²) in [6.45, 7) is 2.29. The molecule has 1 heteroatoms. The summed E-state index contributed by atoms with van der Waals surface area (Å²) in [6.07, 6.45) is 23.9. The number of unbranched alkanes of at least 4 members (excludes halogenated alkanes) is 15. The van der Waals surface area contributed by atoms with Crippen LogP contribution in [0.5, 0.6) is 0 Å². The predicted octanol–water partition coefficient (Wildman–Crippen LogP) is 8.36. The Hall–Kier alpha value is -1.29. The molecule has 0 bridgehead atoms. The molecule has 1 nitrogen and oxygen atoms in total. The van der Waals surface area contributed by atoms with Gasteiger partial charge in [0.15, 0.2) is 0 Å². The first kappa shape index (κ1) is 22.8. The number of hydrogen-bond acceptors (Lipinski definition) is 1. The molecule has 0 saturated carbocycles. The second kappa shape index (κ2) is 17.1. The number of hydrogen-bond donors (Lipinski definition) is 0. The molecule has 26 heavy (non-hydrogen) atoms. The molecule has 0 fully saturated rings. The Bertz CT molecular complexity index is 454. The Labute approximate surface area is 163 Å². The molecule has 0 radical (unpaired) electrons. The summed E-state index contributed by atoms with van der Waals surface area (Å²) in [4.78, 5) is 0. The van der Waals surface area contributed by atoms with Gasteiger partial charge in [0.25, 0.3) is 0 Å². The minimum Gasteiger partial charge on any atom is -0.192 e. The number of nitrogens with zero attached hydrogens (tertiary/aromatic N) is 1. The summed E-state index contributed by atoms with van der Waals surface area (Å²) in [7, 11) is 0. The highest BCUT2D eigenvalue weighted by Gasteiger charge is 1.96. The minimum atomic E-state index is 0.765. The fraction of sp³-hybridized carbons (Fsp3) is 0.720. The molecule has 0 aliphatic carbocycles. The molecule has 146 valence electrons. The first-order valence-corrected chi connectivity index (χ1v) is 11.4. The van der Waals surface area contributed by atoms with E-state index in [1.807, 2.05) is 12.1 Å². The van der Waals surface area contributed by atoms with Crippen LogP contribution in [-0.2, 0) is 6.42 Å². The fourth-order valence-electron chi connectivity index (χ4n) is 3.62. The van der Waals surface area contributed by atoms with Crippen LogP contribution in [0.15, 0.2) is 24.3 Å². The average Bonchev–Trinajstić information content (AvgIpc) is 2.68. The largest absolute Gasteiger partial charge is 0.192 e. The van der Waals surface area contributed by atoms with E-state index < -0.39 is 0 Å². The van der Waals surface area contributed by atoms with Crippen molar-refractivity contribution in [3.8, 4) is 6.07 Å². The van der Waals surface area contributed by atoms with Gasteiger partial charge < -0.3 is 0 Å². The van der Waals surface area contributed by atoms with Gasteiger partial charge in [0.05, 0.1) is 11.6 Å². The molecule has 0 saturated heterocycles. The SMILES string of the molecule is CCCCCCCCCCCCCCCCCCc1ccc(C#N)cc1. The van der Waals surface area contributed by atoms with Gasteiger partial charge in [-0.3, -0.25) is 0 Å². The lowest BCUT2D eigenvalue weighted by molar-refractivity contribution is 0.529. The zero-order valence-electron chi connectivity index (χ0n) is 17.3. The lowest BCUT2D eigenvalue weighted by atomic mass is 10.0. The van der Waals surface area contributed by atoms with E-state index >= 15 is 0 Å². The molecule has 0 aromatic heterocycles. The minimum absolute atomic E-state index is 0.765. The zero-order chi connectivity index (χ0) is 18.7. The molecule has 0 aliphatic heterocycles. The standard InChI is InChI=1S/C25H41N/c1-2-3-4-5-6-7-8-9-10-11-12-13-14-15-16-17-18-24-19-21-25(23-26)22-20-24/h19-22H,2-18H2,1H3. The fourth-order valence-corrected chi connectivity index (χ4v) is 3.62. The number of aryl methyl sites for hydroxylation is 1. The topological polar surface area (TPSA) is 23.8 Å². The number of rotatable bonds is 17. The number of nitriles is 1. The van der Waals surface area contributed by atoms with Crippen molar-refractivity contribution in [1.29, 1.82) is 5.26 Å². The van der Waals surface area contributed by atoms with Gasteiger partial charge in [-0.1, -0.05) is 115 Å². The van der Waals surface area contributed by atoms with Crippen LogP contribution in [0.2, 0.25) is 0 Å². The van der Waals surface area contributed by atoms with Gasteiger partial charge in [-0.15, -0.1) is 0 Å². The van der Waals surface area contributed by atoms with Crippen LogP contribution in [0, 0.1) is 11.3 Å². The molecular weight excluding hydrogens is 314 g/mol. The van der Waals surface area contributed by atoms with E-state index in [0.717, 1.165) is 12.0 Å². The maximum absolute atomic E-state index is 8.80. The lowest BCUT2D eigenvalue weighted by Gasteiger charge is -2.04. The Morgan fingerprint density at radius 2 is 0.962 bits per heavy atom. The van der Waals surface area contributed by atoms with Crippen LogP contribution < -0.4 is 0 Å². The second-order valence-corrected chi connectivity index (χ2v) is 7.86. The highest BCUT2D eigenvalue weighted by molar-refractivity contribution is 5.31. The monoisotopic (exact) mass is 355 g/mol. The summed E-state index contributed by atoms with van der Waals surface area (Å²) in [5, 5.41) is 8.80. The summed E-state index contributed by atoms with van der Waals surface area (Å²) < 4.78 is 0. The van der Waals surface area contributed by atoms with Crippen LogP contribution in [0.25, 0.3) is 0 Å². The Balaban J connectivity index is 1.77. The normalized spacial score (nSPS) is 10.8. The van der Waals surface area contributed by atoms with E-state index in [-0.39, 0.29) is 0 Å². The summed E-state index contributed by atoms with van der Waals surface area (Å²) >= 11 is 0. The van der Waals surface area contributed by atoms with Crippen molar-refractivity contribution in [1.82, 2.24) is 0 Å². The van der Waals surface area contributed by atoms with Gasteiger partial charge in [0.2, 0.25) is 0 Å². The van der Waals surface area contributed by atoms with Gasteiger partial charge in [0, 0.05) is 0 Å². The van der Waals surface area contributed by atoms with Crippen molar-refractivity contribution in [2.75, 3.05) is 0 Å². The molecule has 0 spiro atoms. The predicted molar refractivity (Wildman–Crippen MR) is 114 cm³/mol. The van der Waals surface area contributed by atoms with E-state index in [1.54, 1.807) is 0 Å². The van der Waals surface area contributed by atoms with Gasteiger partial charge >= 0.3 is 0 Å². The van der Waals surface area contributed by atoms with Gasteiger partial charge in [-0.2, -0.15) is 5.26 Å². The van der Waals surface area contributed by atoms with E-state index in [4.69, 9.17) is 5.26 Å². The molecule has 0 heterocycles. The maximum atomic E-state index is 8.80. The second-order valence-electron chi connectivity index (χ2n) is 7.86. The third-order valence-electron chi connectivity index (χ3n) is 5.40. The quantitative estimate of drug-likeness (QED) is 0.257. The Morgan fingerprint density at radius 3 is 1.35 bits per heavy atom. The lowest BCUT2D eigenvalue weighted by Crippen LogP contribution is -1.87. The van der Waals surface area contributed by atoms with Crippen LogP contribution in [0.3, 0.4) is 0 Å². The third kappa shape index (κ3) is 13.0. The molecule has 1 aromatic carbocycles. The summed E-state index contributed by atoms with van der Waals surface area (Å²) in [6, 6.07) is 10.2. The van der Waals surface area contributed by atoms with Crippen molar-refractivity contribution >= 4 is 0 Å². The molecular formula is C25H41N. The molecule has 0 N–H and O–H groups in total. The Kier molecular flexibility index (Phi) is 15.0. The van der Waals surface area contributed by atoms with Gasteiger partial charge in [0.1, 0.15) is 0 Å². The molecule has 1 aromatic rings. The Morgan fingerprint density at radius 1 is 0.577 bits per heavy atom. The summed E-state index contributed by atoms with van der Waals surface area (Å²) in [5.41, 5.74) is 2.13. The van der Waals surface area contributed by atoms with Crippen LogP contribution in [0.4, 0.5) is 0 Å². The smallest absolute Gasteiger partial charge is 0.0991 e. The van der Waals surface area contributed by atoms with Gasteiger partial charge in [-0.05, 0) is 30.5 Å².